The van der Waals surface area contributed by atoms with E-state index in [1.54, 1.807) is 55.6 Å². The van der Waals surface area contributed by atoms with E-state index in [-0.39, 0.29) is 16.3 Å². The summed E-state index contributed by atoms with van der Waals surface area (Å²) < 4.78 is 15.8. The van der Waals surface area contributed by atoms with Crippen molar-refractivity contribution in [2.24, 2.45) is 5.10 Å². The molecule has 0 aromatic heterocycles. The van der Waals surface area contributed by atoms with Crippen LogP contribution in [0, 0.1) is 0 Å². The van der Waals surface area contributed by atoms with Crippen molar-refractivity contribution in [3.8, 4) is 17.2 Å². The fourth-order valence-corrected chi connectivity index (χ4v) is 3.13. The minimum Gasteiger partial charge on any atom is -0.497 e. The third-order valence-electron chi connectivity index (χ3n) is 4.27. The van der Waals surface area contributed by atoms with E-state index in [0.717, 1.165) is 0 Å². The SMILES string of the molecule is COc1ccc(C(=O)Oc2ccc(/C=N\NC(=O)c3ccc(Cl)cc3Cl)cc2OC)cc1. The van der Waals surface area contributed by atoms with Gasteiger partial charge in [-0.15, -0.1) is 0 Å². The summed E-state index contributed by atoms with van der Waals surface area (Å²) in [5.41, 5.74) is 3.60. The van der Waals surface area contributed by atoms with Crippen LogP contribution in [0.5, 0.6) is 17.2 Å². The lowest BCUT2D eigenvalue weighted by Crippen LogP contribution is -2.18. The van der Waals surface area contributed by atoms with Crippen LogP contribution in [0.25, 0.3) is 0 Å². The molecule has 0 heterocycles. The van der Waals surface area contributed by atoms with Gasteiger partial charge in [-0.2, -0.15) is 5.10 Å². The van der Waals surface area contributed by atoms with Gasteiger partial charge in [0.2, 0.25) is 0 Å². The third kappa shape index (κ3) is 5.78. The molecule has 0 bridgehead atoms. The van der Waals surface area contributed by atoms with Gasteiger partial charge in [-0.25, -0.2) is 10.2 Å². The van der Waals surface area contributed by atoms with Crippen molar-refractivity contribution in [3.63, 3.8) is 0 Å². The Kier molecular flexibility index (Phi) is 7.70. The second-order valence-corrected chi connectivity index (χ2v) is 7.20. The third-order valence-corrected chi connectivity index (χ3v) is 4.82. The number of hydrazone groups is 1. The topological polar surface area (TPSA) is 86.2 Å². The molecule has 0 atom stereocenters. The molecule has 3 aromatic rings. The maximum absolute atomic E-state index is 12.4. The van der Waals surface area contributed by atoms with Crippen LogP contribution in [-0.4, -0.2) is 32.3 Å². The largest absolute Gasteiger partial charge is 0.497 e. The van der Waals surface area contributed by atoms with Gasteiger partial charge in [0.15, 0.2) is 11.5 Å². The number of rotatable bonds is 7. The highest BCUT2D eigenvalue weighted by molar-refractivity contribution is 6.36. The average molecular weight is 473 g/mol. The predicted octanol–water partition coefficient (Wildman–Crippen LogP) is 4.99. The Balaban J connectivity index is 1.67. The van der Waals surface area contributed by atoms with E-state index >= 15 is 0 Å². The van der Waals surface area contributed by atoms with Crippen LogP contribution >= 0.6 is 23.2 Å². The van der Waals surface area contributed by atoms with Crippen molar-refractivity contribution >= 4 is 41.3 Å². The fraction of sp³-hybridized carbons (Fsp3) is 0.0870. The predicted molar refractivity (Wildman–Crippen MR) is 122 cm³/mol. The van der Waals surface area contributed by atoms with Gasteiger partial charge in [-0.3, -0.25) is 4.79 Å². The monoisotopic (exact) mass is 472 g/mol. The fourth-order valence-electron chi connectivity index (χ4n) is 2.63. The number of esters is 1. The zero-order valence-corrected chi connectivity index (χ0v) is 18.6. The molecule has 0 saturated heterocycles. The molecular formula is C23H18Cl2N2O5. The van der Waals surface area contributed by atoms with Gasteiger partial charge in [0.05, 0.1) is 36.6 Å². The van der Waals surface area contributed by atoms with Crippen LogP contribution in [0.1, 0.15) is 26.3 Å². The van der Waals surface area contributed by atoms with Crippen LogP contribution < -0.4 is 19.6 Å². The number of benzene rings is 3. The normalized spacial score (nSPS) is 10.6. The molecule has 0 saturated carbocycles. The first-order valence-electron chi connectivity index (χ1n) is 9.24. The van der Waals surface area contributed by atoms with Crippen molar-refractivity contribution in [2.45, 2.75) is 0 Å². The number of hydrogen-bond donors (Lipinski definition) is 1. The first-order valence-corrected chi connectivity index (χ1v) is 9.99. The minimum absolute atomic E-state index is 0.217. The Bertz CT molecular complexity index is 1160. The summed E-state index contributed by atoms with van der Waals surface area (Å²) in [6, 6.07) is 15.9. The van der Waals surface area contributed by atoms with Gasteiger partial charge in [-0.05, 0) is 66.2 Å². The molecule has 0 aliphatic rings. The molecule has 0 spiro atoms. The molecular weight excluding hydrogens is 455 g/mol. The highest BCUT2D eigenvalue weighted by Crippen LogP contribution is 2.28. The van der Waals surface area contributed by atoms with E-state index in [0.29, 0.717) is 27.6 Å². The minimum atomic E-state index is -0.542. The number of ether oxygens (including phenoxy) is 3. The number of carbonyl (C=O) groups is 2. The molecule has 1 amide bonds. The summed E-state index contributed by atoms with van der Waals surface area (Å²) in [5.74, 6) is 0.165. The van der Waals surface area contributed by atoms with Gasteiger partial charge in [0, 0.05) is 5.02 Å². The van der Waals surface area contributed by atoms with E-state index in [2.05, 4.69) is 10.5 Å². The van der Waals surface area contributed by atoms with Crippen molar-refractivity contribution in [3.05, 3.63) is 87.4 Å². The highest BCUT2D eigenvalue weighted by Gasteiger charge is 2.13. The maximum atomic E-state index is 12.4. The van der Waals surface area contributed by atoms with Gasteiger partial charge >= 0.3 is 5.97 Å². The van der Waals surface area contributed by atoms with Gasteiger partial charge in [0.25, 0.3) is 5.91 Å². The van der Waals surface area contributed by atoms with Crippen molar-refractivity contribution < 1.29 is 23.8 Å². The Morgan fingerprint density at radius 2 is 1.66 bits per heavy atom. The summed E-state index contributed by atoms with van der Waals surface area (Å²) in [4.78, 5) is 24.6. The highest BCUT2D eigenvalue weighted by atomic mass is 35.5. The van der Waals surface area contributed by atoms with Crippen molar-refractivity contribution in [2.75, 3.05) is 14.2 Å². The smallest absolute Gasteiger partial charge is 0.343 e. The van der Waals surface area contributed by atoms with E-state index in [1.165, 1.54) is 25.5 Å². The molecule has 0 aliphatic carbocycles. The van der Waals surface area contributed by atoms with E-state index in [1.807, 2.05) is 0 Å². The Morgan fingerprint density at radius 3 is 2.31 bits per heavy atom. The van der Waals surface area contributed by atoms with Crippen LogP contribution in [-0.2, 0) is 0 Å². The number of halogens is 2. The molecule has 0 radical (unpaired) electrons. The quantitative estimate of drug-likeness (QED) is 0.226. The zero-order chi connectivity index (χ0) is 23.1. The molecule has 3 rings (SSSR count). The first-order chi connectivity index (χ1) is 15.4. The zero-order valence-electron chi connectivity index (χ0n) is 17.1. The number of nitrogens with zero attached hydrogens (tertiary/aromatic N) is 1. The summed E-state index contributed by atoms with van der Waals surface area (Å²) in [6.07, 6.45) is 1.42. The Labute approximate surface area is 194 Å². The summed E-state index contributed by atoms with van der Waals surface area (Å²) in [7, 11) is 2.99. The van der Waals surface area contributed by atoms with E-state index in [4.69, 9.17) is 37.4 Å². The number of carbonyl (C=O) groups excluding carboxylic acids is 2. The molecule has 164 valence electrons. The maximum Gasteiger partial charge on any atom is 0.343 e. The van der Waals surface area contributed by atoms with Gasteiger partial charge in [0.1, 0.15) is 5.75 Å². The molecule has 32 heavy (non-hydrogen) atoms. The van der Waals surface area contributed by atoms with E-state index < -0.39 is 11.9 Å². The number of hydrogen-bond acceptors (Lipinski definition) is 6. The second-order valence-electron chi connectivity index (χ2n) is 6.35. The lowest BCUT2D eigenvalue weighted by Gasteiger charge is -2.10. The van der Waals surface area contributed by atoms with Crippen LogP contribution in [0.2, 0.25) is 10.0 Å². The molecule has 3 aromatic carbocycles. The molecule has 9 heteroatoms. The van der Waals surface area contributed by atoms with E-state index in [9.17, 15) is 9.59 Å². The van der Waals surface area contributed by atoms with Gasteiger partial charge in [-0.1, -0.05) is 23.2 Å². The summed E-state index contributed by atoms with van der Waals surface area (Å²) in [5, 5.41) is 4.56. The lowest BCUT2D eigenvalue weighted by atomic mass is 10.2. The molecule has 0 aliphatic heterocycles. The molecule has 0 fully saturated rings. The number of nitrogens with one attached hydrogen (secondary N) is 1. The Morgan fingerprint density at radius 1 is 0.906 bits per heavy atom. The standard InChI is InChI=1S/C23H18Cl2N2O5/c1-30-17-7-4-15(5-8-17)23(29)32-20-10-3-14(11-21(20)31-2)13-26-27-22(28)18-9-6-16(24)12-19(18)25/h3-13H,1-2H3,(H,27,28)/b26-13-. The van der Waals surface area contributed by atoms with Crippen LogP contribution in [0.15, 0.2) is 65.8 Å². The van der Waals surface area contributed by atoms with Crippen molar-refractivity contribution in [1.29, 1.82) is 0 Å². The van der Waals surface area contributed by atoms with Crippen LogP contribution in [0.4, 0.5) is 0 Å². The molecule has 7 nitrogen and oxygen atoms in total. The van der Waals surface area contributed by atoms with Crippen LogP contribution in [0.3, 0.4) is 0 Å². The van der Waals surface area contributed by atoms with Crippen molar-refractivity contribution in [1.82, 2.24) is 5.43 Å². The number of amides is 1. The molecule has 1 N–H and O–H groups in total. The summed E-state index contributed by atoms with van der Waals surface area (Å²) >= 11 is 11.8. The lowest BCUT2D eigenvalue weighted by molar-refractivity contribution is 0.0729. The first kappa shape index (κ1) is 23.1. The van der Waals surface area contributed by atoms with Gasteiger partial charge < -0.3 is 14.2 Å². The number of methoxy groups -OCH3 is 2. The summed E-state index contributed by atoms with van der Waals surface area (Å²) in [6.45, 7) is 0. The molecule has 0 unspecified atom stereocenters. The second kappa shape index (κ2) is 10.7. The average Bonchev–Trinajstić information content (AvgIpc) is 2.79. The Hall–Kier alpha value is -3.55.